The second-order valence-electron chi connectivity index (χ2n) is 5.54. The Hall–Kier alpha value is -1.57. The summed E-state index contributed by atoms with van der Waals surface area (Å²) in [6.45, 7) is 0.513. The molecule has 0 aliphatic heterocycles. The van der Waals surface area contributed by atoms with E-state index in [0.717, 1.165) is 43.3 Å². The van der Waals surface area contributed by atoms with Crippen molar-refractivity contribution in [1.82, 2.24) is 20.1 Å². The highest BCUT2D eigenvalue weighted by molar-refractivity contribution is 7.99. The first-order chi connectivity index (χ1) is 10.1. The predicted molar refractivity (Wildman–Crippen MR) is 76.1 cm³/mol. The summed E-state index contributed by atoms with van der Waals surface area (Å²) in [7, 11) is 0. The topological polar surface area (TPSA) is 97.1 Å². The minimum atomic E-state index is -0.881. The molecule has 2 aliphatic carbocycles. The van der Waals surface area contributed by atoms with Crippen LogP contribution in [-0.4, -0.2) is 43.5 Å². The minimum absolute atomic E-state index is 0.0436. The number of amides is 1. The lowest BCUT2D eigenvalue weighted by Gasteiger charge is -2.09. The summed E-state index contributed by atoms with van der Waals surface area (Å²) in [6.07, 6.45) is 4.72. The number of hydrogen-bond donors (Lipinski definition) is 2. The molecule has 3 rings (SSSR count). The Labute approximate surface area is 126 Å². The molecule has 0 aromatic carbocycles. The lowest BCUT2D eigenvalue weighted by Crippen LogP contribution is -2.26. The number of carboxylic acid groups (broad SMARTS) is 1. The van der Waals surface area contributed by atoms with Crippen molar-refractivity contribution in [3.8, 4) is 0 Å². The van der Waals surface area contributed by atoms with Crippen LogP contribution in [0.3, 0.4) is 0 Å². The van der Waals surface area contributed by atoms with Gasteiger partial charge in [0.15, 0.2) is 5.16 Å². The summed E-state index contributed by atoms with van der Waals surface area (Å²) < 4.78 is 1.91. The second kappa shape index (κ2) is 6.05. The first-order valence-corrected chi connectivity index (χ1v) is 8.19. The summed E-state index contributed by atoms with van der Waals surface area (Å²) in [5.41, 5.74) is 0. The van der Waals surface area contributed by atoms with E-state index in [0.29, 0.717) is 30.1 Å². The molecule has 1 aromatic heterocycles. The van der Waals surface area contributed by atoms with Crippen molar-refractivity contribution in [2.45, 2.75) is 55.8 Å². The van der Waals surface area contributed by atoms with Gasteiger partial charge in [-0.05, 0) is 25.7 Å². The molecular weight excluding hydrogens is 292 g/mol. The van der Waals surface area contributed by atoms with Crippen LogP contribution in [0.1, 0.15) is 43.8 Å². The fourth-order valence-corrected chi connectivity index (χ4v) is 2.82. The van der Waals surface area contributed by atoms with E-state index in [9.17, 15) is 9.59 Å². The number of nitrogens with one attached hydrogen (secondary N) is 1. The number of aliphatic carboxylic acids is 1. The Balaban J connectivity index is 1.63. The third-order valence-electron chi connectivity index (χ3n) is 3.52. The van der Waals surface area contributed by atoms with Crippen molar-refractivity contribution in [2.24, 2.45) is 0 Å². The van der Waals surface area contributed by atoms with Gasteiger partial charge in [0.1, 0.15) is 5.82 Å². The molecule has 2 N–H and O–H groups in total. The highest BCUT2D eigenvalue weighted by atomic mass is 32.2. The van der Waals surface area contributed by atoms with Crippen LogP contribution in [0.15, 0.2) is 5.16 Å². The normalized spacial score (nSPS) is 17.7. The zero-order chi connectivity index (χ0) is 14.8. The van der Waals surface area contributed by atoms with E-state index < -0.39 is 5.97 Å². The van der Waals surface area contributed by atoms with Crippen LogP contribution >= 0.6 is 11.8 Å². The molecule has 0 radical (unpaired) electrons. The SMILES string of the molecule is O=C(O)CSc1nnc(C2CC2)n1CCC(=O)NC1CC1. The van der Waals surface area contributed by atoms with Gasteiger partial charge in [0, 0.05) is 24.9 Å². The van der Waals surface area contributed by atoms with Crippen molar-refractivity contribution in [1.29, 1.82) is 0 Å². The largest absolute Gasteiger partial charge is 0.481 e. The van der Waals surface area contributed by atoms with E-state index in [-0.39, 0.29) is 11.7 Å². The van der Waals surface area contributed by atoms with Crippen LogP contribution in [0.2, 0.25) is 0 Å². The van der Waals surface area contributed by atoms with E-state index in [1.165, 1.54) is 0 Å². The van der Waals surface area contributed by atoms with Crippen LogP contribution in [0, 0.1) is 0 Å². The van der Waals surface area contributed by atoms with Gasteiger partial charge in [0.05, 0.1) is 5.75 Å². The fourth-order valence-electron chi connectivity index (χ4n) is 2.13. The average Bonchev–Trinajstić information content (AvgIpc) is 3.35. The van der Waals surface area contributed by atoms with Crippen molar-refractivity contribution in [3.05, 3.63) is 5.82 Å². The van der Waals surface area contributed by atoms with Crippen LogP contribution in [0.5, 0.6) is 0 Å². The predicted octanol–water partition coefficient (Wildman–Crippen LogP) is 1.00. The van der Waals surface area contributed by atoms with Gasteiger partial charge in [-0.25, -0.2) is 0 Å². The van der Waals surface area contributed by atoms with Gasteiger partial charge in [-0.1, -0.05) is 11.8 Å². The van der Waals surface area contributed by atoms with Crippen LogP contribution in [-0.2, 0) is 16.1 Å². The van der Waals surface area contributed by atoms with Gasteiger partial charge >= 0.3 is 5.97 Å². The maximum absolute atomic E-state index is 11.8. The van der Waals surface area contributed by atoms with E-state index in [4.69, 9.17) is 5.11 Å². The number of rotatable bonds is 8. The second-order valence-corrected chi connectivity index (χ2v) is 6.48. The zero-order valence-electron chi connectivity index (χ0n) is 11.6. The minimum Gasteiger partial charge on any atom is -0.481 e. The van der Waals surface area contributed by atoms with Gasteiger partial charge < -0.3 is 15.0 Å². The number of carbonyl (C=O) groups is 2. The summed E-state index contributed by atoms with van der Waals surface area (Å²) in [6, 6.07) is 0.363. The monoisotopic (exact) mass is 310 g/mol. The van der Waals surface area contributed by atoms with Gasteiger partial charge in [-0.15, -0.1) is 10.2 Å². The highest BCUT2D eigenvalue weighted by Crippen LogP contribution is 2.40. The number of carboxylic acids is 1. The van der Waals surface area contributed by atoms with Crippen LogP contribution in [0.25, 0.3) is 0 Å². The molecule has 0 bridgehead atoms. The lowest BCUT2D eigenvalue weighted by molar-refractivity contribution is -0.134. The molecule has 0 atom stereocenters. The summed E-state index contributed by atoms with van der Waals surface area (Å²) >= 11 is 1.16. The van der Waals surface area contributed by atoms with E-state index in [1.54, 1.807) is 0 Å². The Kier molecular flexibility index (Phi) is 4.14. The number of hydrogen-bond acceptors (Lipinski definition) is 5. The highest BCUT2D eigenvalue weighted by Gasteiger charge is 2.31. The third-order valence-corrected chi connectivity index (χ3v) is 4.47. The number of nitrogens with zero attached hydrogens (tertiary/aromatic N) is 3. The van der Waals surface area contributed by atoms with Gasteiger partial charge in [0.25, 0.3) is 0 Å². The van der Waals surface area contributed by atoms with E-state index >= 15 is 0 Å². The Bertz CT molecular complexity index is 552. The molecule has 0 spiro atoms. The Morgan fingerprint density at radius 3 is 2.67 bits per heavy atom. The molecule has 1 heterocycles. The molecule has 1 aromatic rings. The third kappa shape index (κ3) is 3.96. The van der Waals surface area contributed by atoms with Crippen molar-refractivity contribution < 1.29 is 14.7 Å². The summed E-state index contributed by atoms with van der Waals surface area (Å²) in [5.74, 6) is 0.429. The lowest BCUT2D eigenvalue weighted by atomic mass is 10.3. The maximum Gasteiger partial charge on any atom is 0.313 e. The number of aromatic nitrogens is 3. The molecule has 2 aliphatic rings. The van der Waals surface area contributed by atoms with E-state index in [2.05, 4.69) is 15.5 Å². The molecule has 8 heteroatoms. The first kappa shape index (κ1) is 14.4. The molecule has 2 fully saturated rings. The average molecular weight is 310 g/mol. The number of carbonyl (C=O) groups excluding carboxylic acids is 1. The fraction of sp³-hybridized carbons (Fsp3) is 0.692. The molecule has 7 nitrogen and oxygen atoms in total. The Morgan fingerprint density at radius 1 is 1.29 bits per heavy atom. The molecule has 114 valence electrons. The van der Waals surface area contributed by atoms with Gasteiger partial charge in [0.2, 0.25) is 5.91 Å². The molecule has 0 saturated heterocycles. The summed E-state index contributed by atoms with van der Waals surface area (Å²) in [5, 5.41) is 20.6. The quantitative estimate of drug-likeness (QED) is 0.695. The standard InChI is InChI=1S/C13H18N4O3S/c18-10(14-9-3-4-9)5-6-17-12(8-1-2-8)15-16-13(17)21-7-11(19)20/h8-9H,1-7H2,(H,14,18)(H,19,20). The van der Waals surface area contributed by atoms with Crippen molar-refractivity contribution >= 4 is 23.6 Å². The number of thioether (sulfide) groups is 1. The molecule has 1 amide bonds. The molecular formula is C13H18N4O3S. The molecule has 21 heavy (non-hydrogen) atoms. The first-order valence-electron chi connectivity index (χ1n) is 7.20. The van der Waals surface area contributed by atoms with Crippen molar-refractivity contribution in [2.75, 3.05) is 5.75 Å². The molecule has 2 saturated carbocycles. The Morgan fingerprint density at radius 2 is 2.05 bits per heavy atom. The molecule has 0 unspecified atom stereocenters. The van der Waals surface area contributed by atoms with Crippen LogP contribution in [0.4, 0.5) is 0 Å². The zero-order valence-corrected chi connectivity index (χ0v) is 12.4. The maximum atomic E-state index is 11.8. The van der Waals surface area contributed by atoms with Crippen molar-refractivity contribution in [3.63, 3.8) is 0 Å². The van der Waals surface area contributed by atoms with E-state index in [1.807, 2.05) is 4.57 Å². The van der Waals surface area contributed by atoms with Crippen LogP contribution < -0.4 is 5.32 Å². The van der Waals surface area contributed by atoms with Gasteiger partial charge in [-0.2, -0.15) is 0 Å². The van der Waals surface area contributed by atoms with Gasteiger partial charge in [-0.3, -0.25) is 9.59 Å². The smallest absolute Gasteiger partial charge is 0.313 e. The summed E-state index contributed by atoms with van der Waals surface area (Å²) in [4.78, 5) is 22.5.